The molecular formula is C15H16N6O3S. The molecule has 0 unspecified atom stereocenters. The van der Waals surface area contributed by atoms with Crippen LogP contribution in [0.1, 0.15) is 12.6 Å². The molecule has 2 heterocycles. The number of hydrogen-bond donors (Lipinski definition) is 2. The molecule has 0 fully saturated rings. The average Bonchev–Trinajstić information content (AvgIpc) is 2.82. The molecule has 0 aliphatic heterocycles. The Morgan fingerprint density at radius 2 is 1.84 bits per heavy atom. The first-order valence-corrected chi connectivity index (χ1v) is 8.81. The van der Waals surface area contributed by atoms with Gasteiger partial charge in [0.15, 0.2) is 5.65 Å². The maximum Gasteiger partial charge on any atom is 0.264 e. The third kappa shape index (κ3) is 3.29. The first kappa shape index (κ1) is 16.8. The van der Waals surface area contributed by atoms with E-state index in [9.17, 15) is 13.2 Å². The minimum absolute atomic E-state index is 0.00126. The smallest absolute Gasteiger partial charge is 0.264 e. The molecule has 1 aromatic carbocycles. The zero-order valence-electron chi connectivity index (χ0n) is 13.8. The highest BCUT2D eigenvalue weighted by atomic mass is 32.2. The van der Waals surface area contributed by atoms with E-state index >= 15 is 0 Å². The summed E-state index contributed by atoms with van der Waals surface area (Å²) in [6.07, 6.45) is 1.43. The number of carbonyl (C=O) groups excluding carboxylic acids is 1. The van der Waals surface area contributed by atoms with Crippen LogP contribution < -0.4 is 10.0 Å². The lowest BCUT2D eigenvalue weighted by Gasteiger charge is -2.09. The fourth-order valence-corrected chi connectivity index (χ4v) is 3.46. The van der Waals surface area contributed by atoms with Crippen molar-refractivity contribution in [3.05, 3.63) is 36.3 Å². The van der Waals surface area contributed by atoms with E-state index in [1.165, 1.54) is 18.5 Å². The lowest BCUT2D eigenvalue weighted by atomic mass is 10.2. The number of fused-ring (bicyclic) bond motifs is 1. The largest absolute Gasteiger partial charge is 0.340 e. The molecule has 0 saturated carbocycles. The molecule has 25 heavy (non-hydrogen) atoms. The molecular weight excluding hydrogens is 344 g/mol. The standard InChI is InChI=1S/C15H16N6O3S/c1-9-13-14(16-8-17-15(13)21(3)19-9)18-11-4-6-12(7-5-11)25(23,24)20-10(2)22/h4-8H,1-3H3,(H,20,22)(H,16,17,18). The Hall–Kier alpha value is -3.01. The molecule has 9 nitrogen and oxygen atoms in total. The summed E-state index contributed by atoms with van der Waals surface area (Å²) in [5.74, 6) is -0.0642. The zero-order chi connectivity index (χ0) is 18.2. The summed E-state index contributed by atoms with van der Waals surface area (Å²) in [6, 6.07) is 5.99. The molecule has 130 valence electrons. The topological polar surface area (TPSA) is 119 Å². The Morgan fingerprint density at radius 1 is 1.16 bits per heavy atom. The van der Waals surface area contributed by atoms with Gasteiger partial charge in [-0.3, -0.25) is 9.48 Å². The monoisotopic (exact) mass is 360 g/mol. The van der Waals surface area contributed by atoms with Crippen LogP contribution in [0.2, 0.25) is 0 Å². The average molecular weight is 360 g/mol. The number of amides is 1. The molecule has 1 amide bonds. The summed E-state index contributed by atoms with van der Waals surface area (Å²) in [6.45, 7) is 3.00. The molecule has 2 N–H and O–H groups in total. The summed E-state index contributed by atoms with van der Waals surface area (Å²) in [5.41, 5.74) is 2.12. The van der Waals surface area contributed by atoms with E-state index in [1.807, 2.05) is 11.6 Å². The van der Waals surface area contributed by atoms with Gasteiger partial charge in [-0.1, -0.05) is 0 Å². The Balaban J connectivity index is 1.92. The van der Waals surface area contributed by atoms with Gasteiger partial charge < -0.3 is 5.32 Å². The number of aromatic nitrogens is 4. The number of anilines is 2. The molecule has 0 atom stereocenters. The number of benzene rings is 1. The van der Waals surface area contributed by atoms with Crippen LogP contribution in [0.3, 0.4) is 0 Å². The maximum atomic E-state index is 12.0. The van der Waals surface area contributed by atoms with Crippen LogP contribution in [-0.2, 0) is 21.9 Å². The van der Waals surface area contributed by atoms with Gasteiger partial charge in [0.25, 0.3) is 10.0 Å². The van der Waals surface area contributed by atoms with Crippen LogP contribution >= 0.6 is 0 Å². The van der Waals surface area contributed by atoms with E-state index in [1.54, 1.807) is 23.9 Å². The summed E-state index contributed by atoms with van der Waals surface area (Å²) < 4.78 is 27.5. The molecule has 0 bridgehead atoms. The molecule has 10 heteroatoms. The Morgan fingerprint density at radius 3 is 2.48 bits per heavy atom. The fourth-order valence-electron chi connectivity index (χ4n) is 2.47. The maximum absolute atomic E-state index is 12.0. The molecule has 0 aliphatic rings. The Bertz CT molecular complexity index is 1060. The van der Waals surface area contributed by atoms with Gasteiger partial charge in [0.1, 0.15) is 12.1 Å². The predicted octanol–water partition coefficient (Wildman–Crippen LogP) is 1.24. The first-order chi connectivity index (χ1) is 11.8. The van der Waals surface area contributed by atoms with Crippen LogP contribution in [0.15, 0.2) is 35.5 Å². The number of hydrogen-bond acceptors (Lipinski definition) is 7. The van der Waals surface area contributed by atoms with Crippen LogP contribution in [0.5, 0.6) is 0 Å². The van der Waals surface area contributed by atoms with Crippen molar-refractivity contribution in [2.24, 2.45) is 7.05 Å². The molecule has 0 spiro atoms. The van der Waals surface area contributed by atoms with Crippen molar-refractivity contribution in [2.75, 3.05) is 5.32 Å². The molecule has 3 rings (SSSR count). The SMILES string of the molecule is CC(=O)NS(=O)(=O)c1ccc(Nc2ncnc3c2c(C)nn3C)cc1. The van der Waals surface area contributed by atoms with E-state index in [0.29, 0.717) is 17.2 Å². The number of rotatable bonds is 4. The van der Waals surface area contributed by atoms with Gasteiger partial charge in [0.05, 0.1) is 16.0 Å². The lowest BCUT2D eigenvalue weighted by molar-refractivity contribution is -0.117. The van der Waals surface area contributed by atoms with E-state index in [2.05, 4.69) is 20.4 Å². The van der Waals surface area contributed by atoms with E-state index in [-0.39, 0.29) is 4.90 Å². The predicted molar refractivity (Wildman–Crippen MR) is 91.8 cm³/mol. The minimum atomic E-state index is -3.85. The van der Waals surface area contributed by atoms with Gasteiger partial charge in [0.2, 0.25) is 5.91 Å². The van der Waals surface area contributed by atoms with E-state index < -0.39 is 15.9 Å². The van der Waals surface area contributed by atoms with Crippen LogP contribution in [0, 0.1) is 6.92 Å². The third-order valence-corrected chi connectivity index (χ3v) is 4.95. The van der Waals surface area contributed by atoms with E-state index in [0.717, 1.165) is 18.0 Å². The van der Waals surface area contributed by atoms with Gasteiger partial charge in [0, 0.05) is 19.7 Å². The second-order valence-corrected chi connectivity index (χ2v) is 7.12. The second-order valence-electron chi connectivity index (χ2n) is 5.44. The van der Waals surface area contributed by atoms with Crippen molar-refractivity contribution in [2.45, 2.75) is 18.7 Å². The van der Waals surface area contributed by atoms with Gasteiger partial charge in [-0.25, -0.2) is 23.1 Å². The number of carbonyl (C=O) groups is 1. The number of sulfonamides is 1. The summed E-state index contributed by atoms with van der Waals surface area (Å²) in [7, 11) is -2.05. The molecule has 0 radical (unpaired) electrons. The Kier molecular flexibility index (Phi) is 4.13. The molecule has 0 aliphatic carbocycles. The number of nitrogens with one attached hydrogen (secondary N) is 2. The van der Waals surface area contributed by atoms with Crippen molar-refractivity contribution in [1.82, 2.24) is 24.5 Å². The normalized spacial score (nSPS) is 11.5. The third-order valence-electron chi connectivity index (χ3n) is 3.50. The van der Waals surface area contributed by atoms with Crippen molar-refractivity contribution in [3.63, 3.8) is 0 Å². The van der Waals surface area contributed by atoms with Crippen LogP contribution in [0.25, 0.3) is 11.0 Å². The highest BCUT2D eigenvalue weighted by Gasteiger charge is 2.16. The summed E-state index contributed by atoms with van der Waals surface area (Å²) >= 11 is 0. The lowest BCUT2D eigenvalue weighted by Crippen LogP contribution is -2.28. The highest BCUT2D eigenvalue weighted by Crippen LogP contribution is 2.25. The first-order valence-electron chi connectivity index (χ1n) is 7.33. The summed E-state index contributed by atoms with van der Waals surface area (Å²) in [4.78, 5) is 19.4. The van der Waals surface area contributed by atoms with E-state index in [4.69, 9.17) is 0 Å². The van der Waals surface area contributed by atoms with Crippen molar-refractivity contribution in [1.29, 1.82) is 0 Å². The fraction of sp³-hybridized carbons (Fsp3) is 0.200. The highest BCUT2D eigenvalue weighted by molar-refractivity contribution is 7.90. The van der Waals surface area contributed by atoms with Gasteiger partial charge in [-0.2, -0.15) is 5.10 Å². The van der Waals surface area contributed by atoms with Gasteiger partial charge in [-0.15, -0.1) is 0 Å². The van der Waals surface area contributed by atoms with Crippen LogP contribution in [-0.4, -0.2) is 34.1 Å². The van der Waals surface area contributed by atoms with Crippen molar-refractivity contribution >= 4 is 38.5 Å². The summed E-state index contributed by atoms with van der Waals surface area (Å²) in [5, 5.41) is 8.25. The van der Waals surface area contributed by atoms with Crippen LogP contribution in [0.4, 0.5) is 11.5 Å². The molecule has 0 saturated heterocycles. The molecule has 2 aromatic heterocycles. The quantitative estimate of drug-likeness (QED) is 0.718. The van der Waals surface area contributed by atoms with Gasteiger partial charge >= 0.3 is 0 Å². The number of nitrogens with zero attached hydrogens (tertiary/aromatic N) is 4. The molecule has 3 aromatic rings. The zero-order valence-corrected chi connectivity index (χ0v) is 14.6. The van der Waals surface area contributed by atoms with Crippen molar-refractivity contribution in [3.8, 4) is 0 Å². The Labute approximate surface area is 144 Å². The second kappa shape index (κ2) is 6.13. The number of aryl methyl sites for hydroxylation is 2. The van der Waals surface area contributed by atoms with Gasteiger partial charge in [-0.05, 0) is 31.2 Å². The minimum Gasteiger partial charge on any atom is -0.340 e. The van der Waals surface area contributed by atoms with Crippen molar-refractivity contribution < 1.29 is 13.2 Å².